The maximum atomic E-state index is 10.2. The number of hydrogen-bond acceptors (Lipinski definition) is 3. The van der Waals surface area contributed by atoms with Crippen LogP contribution in [0.2, 0.25) is 0 Å². The van der Waals surface area contributed by atoms with Crippen molar-refractivity contribution >= 4 is 12.0 Å². The topological polar surface area (TPSA) is 70.4 Å². The molecule has 0 saturated carbocycles. The molecule has 0 aliphatic heterocycles. The first-order valence-corrected chi connectivity index (χ1v) is 4.14. The number of carboxylic acids is 1. The van der Waals surface area contributed by atoms with Crippen LogP contribution in [0.4, 0.5) is 0 Å². The molecule has 0 bridgehead atoms. The average Bonchev–Trinajstić information content (AvgIpc) is 2.10. The van der Waals surface area contributed by atoms with Gasteiger partial charge in [0.1, 0.15) is 11.4 Å². The highest BCUT2D eigenvalue weighted by molar-refractivity contribution is 5.70. The van der Waals surface area contributed by atoms with Gasteiger partial charge < -0.3 is 10.2 Å². The van der Waals surface area contributed by atoms with Gasteiger partial charge in [-0.1, -0.05) is 6.08 Å². The van der Waals surface area contributed by atoms with E-state index >= 15 is 0 Å². The van der Waals surface area contributed by atoms with Crippen molar-refractivity contribution in [3.05, 3.63) is 29.6 Å². The summed E-state index contributed by atoms with van der Waals surface area (Å²) in [6.45, 7) is 1.80. The van der Waals surface area contributed by atoms with E-state index in [1.807, 2.05) is 0 Å². The molecule has 0 fully saturated rings. The van der Waals surface area contributed by atoms with Crippen LogP contribution in [0.1, 0.15) is 17.8 Å². The van der Waals surface area contributed by atoms with Crippen molar-refractivity contribution in [3.63, 3.8) is 0 Å². The van der Waals surface area contributed by atoms with Crippen LogP contribution in [0.25, 0.3) is 6.08 Å². The number of pyridine rings is 1. The maximum absolute atomic E-state index is 10.2. The number of hydrogen-bond donors (Lipinski definition) is 2. The van der Waals surface area contributed by atoms with E-state index < -0.39 is 5.97 Å². The molecule has 14 heavy (non-hydrogen) atoms. The highest BCUT2D eigenvalue weighted by atomic mass is 16.4. The maximum Gasteiger partial charge on any atom is 0.307 e. The van der Waals surface area contributed by atoms with Gasteiger partial charge >= 0.3 is 5.97 Å². The van der Waals surface area contributed by atoms with E-state index in [0.717, 1.165) is 5.69 Å². The number of aliphatic carboxylic acids is 1. The van der Waals surface area contributed by atoms with Crippen molar-refractivity contribution in [1.82, 2.24) is 4.98 Å². The molecule has 0 amide bonds. The Labute approximate surface area is 81.5 Å². The second-order valence-corrected chi connectivity index (χ2v) is 2.86. The number of rotatable bonds is 3. The SMILES string of the molecule is Cc1ccc(O)c(C=CCC(=O)O)n1. The van der Waals surface area contributed by atoms with Crippen LogP contribution < -0.4 is 0 Å². The van der Waals surface area contributed by atoms with Crippen molar-refractivity contribution in [2.75, 3.05) is 0 Å². The van der Waals surface area contributed by atoms with E-state index in [4.69, 9.17) is 5.11 Å². The summed E-state index contributed by atoms with van der Waals surface area (Å²) < 4.78 is 0. The summed E-state index contributed by atoms with van der Waals surface area (Å²) in [7, 11) is 0. The Hall–Kier alpha value is -1.84. The number of aromatic hydroxyl groups is 1. The molecular weight excluding hydrogens is 182 g/mol. The molecule has 0 aromatic carbocycles. The first kappa shape index (κ1) is 10.2. The predicted octanol–water partition coefficient (Wildman–Crippen LogP) is 1.58. The Morgan fingerprint density at radius 2 is 2.29 bits per heavy atom. The van der Waals surface area contributed by atoms with Crippen LogP contribution in [0, 0.1) is 6.92 Å². The largest absolute Gasteiger partial charge is 0.506 e. The fraction of sp³-hybridized carbons (Fsp3) is 0.200. The monoisotopic (exact) mass is 193 g/mol. The number of nitrogens with zero attached hydrogens (tertiary/aromatic N) is 1. The smallest absolute Gasteiger partial charge is 0.307 e. The van der Waals surface area contributed by atoms with Crippen LogP contribution in [0.5, 0.6) is 5.75 Å². The lowest BCUT2D eigenvalue weighted by molar-refractivity contribution is -0.135. The van der Waals surface area contributed by atoms with Gasteiger partial charge in [0.15, 0.2) is 0 Å². The highest BCUT2D eigenvalue weighted by Gasteiger charge is 1.98. The lowest BCUT2D eigenvalue weighted by Crippen LogP contribution is -1.90. The molecule has 0 spiro atoms. The molecule has 0 unspecified atom stereocenters. The third kappa shape index (κ3) is 2.90. The van der Waals surface area contributed by atoms with E-state index in [-0.39, 0.29) is 12.2 Å². The van der Waals surface area contributed by atoms with Gasteiger partial charge in [0.05, 0.1) is 6.42 Å². The summed E-state index contributed by atoms with van der Waals surface area (Å²) in [5.41, 5.74) is 1.17. The molecule has 0 aliphatic rings. The third-order valence-electron chi connectivity index (χ3n) is 1.61. The number of aryl methyl sites for hydroxylation is 1. The minimum atomic E-state index is -0.909. The first-order chi connectivity index (χ1) is 6.59. The molecule has 0 radical (unpaired) electrons. The minimum absolute atomic E-state index is 0.0530. The van der Waals surface area contributed by atoms with Gasteiger partial charge in [-0.3, -0.25) is 4.79 Å². The molecule has 4 heteroatoms. The summed E-state index contributed by atoms with van der Waals surface area (Å²) >= 11 is 0. The van der Waals surface area contributed by atoms with Gasteiger partial charge in [-0.05, 0) is 25.1 Å². The van der Waals surface area contributed by atoms with Gasteiger partial charge in [-0.15, -0.1) is 0 Å². The van der Waals surface area contributed by atoms with Gasteiger partial charge in [-0.25, -0.2) is 4.98 Å². The standard InChI is InChI=1S/C10H11NO3/c1-7-5-6-9(12)8(11-7)3-2-4-10(13)14/h2-3,5-6,12H,4H2,1H3,(H,13,14). The first-order valence-electron chi connectivity index (χ1n) is 4.14. The minimum Gasteiger partial charge on any atom is -0.506 e. The van der Waals surface area contributed by atoms with Crippen molar-refractivity contribution in [1.29, 1.82) is 0 Å². The number of carboxylic acid groups (broad SMARTS) is 1. The van der Waals surface area contributed by atoms with E-state index in [2.05, 4.69) is 4.98 Å². The molecule has 0 atom stereocenters. The normalized spacial score (nSPS) is 10.6. The molecule has 0 saturated heterocycles. The van der Waals surface area contributed by atoms with E-state index in [9.17, 15) is 9.90 Å². The van der Waals surface area contributed by atoms with Crippen molar-refractivity contribution < 1.29 is 15.0 Å². The van der Waals surface area contributed by atoms with E-state index in [0.29, 0.717) is 5.69 Å². The molecular formula is C10H11NO3. The Balaban J connectivity index is 2.80. The molecule has 2 N–H and O–H groups in total. The van der Waals surface area contributed by atoms with Crippen LogP contribution in [-0.2, 0) is 4.79 Å². The van der Waals surface area contributed by atoms with Crippen molar-refractivity contribution in [3.8, 4) is 5.75 Å². The fourth-order valence-corrected chi connectivity index (χ4v) is 0.963. The Morgan fingerprint density at radius 1 is 1.57 bits per heavy atom. The number of carbonyl (C=O) groups is 1. The predicted molar refractivity (Wildman–Crippen MR) is 51.9 cm³/mol. The van der Waals surface area contributed by atoms with Gasteiger partial charge in [0.2, 0.25) is 0 Å². The van der Waals surface area contributed by atoms with Crippen LogP contribution in [0.3, 0.4) is 0 Å². The third-order valence-corrected chi connectivity index (χ3v) is 1.61. The van der Waals surface area contributed by atoms with Gasteiger partial charge in [-0.2, -0.15) is 0 Å². The zero-order valence-corrected chi connectivity index (χ0v) is 7.77. The van der Waals surface area contributed by atoms with Crippen LogP contribution in [0.15, 0.2) is 18.2 Å². The Bertz CT molecular complexity index is 372. The Morgan fingerprint density at radius 3 is 2.93 bits per heavy atom. The van der Waals surface area contributed by atoms with Gasteiger partial charge in [0.25, 0.3) is 0 Å². The second kappa shape index (κ2) is 4.41. The number of aromatic nitrogens is 1. The second-order valence-electron chi connectivity index (χ2n) is 2.86. The Kier molecular flexibility index (Phi) is 3.23. The summed E-state index contributed by atoms with van der Waals surface area (Å²) in [5.74, 6) is -0.856. The molecule has 1 rings (SSSR count). The molecule has 1 heterocycles. The molecule has 1 aromatic heterocycles. The fourth-order valence-electron chi connectivity index (χ4n) is 0.963. The quantitative estimate of drug-likeness (QED) is 0.764. The average molecular weight is 193 g/mol. The molecule has 4 nitrogen and oxygen atoms in total. The lowest BCUT2D eigenvalue weighted by Gasteiger charge is -1.98. The van der Waals surface area contributed by atoms with Crippen molar-refractivity contribution in [2.45, 2.75) is 13.3 Å². The van der Waals surface area contributed by atoms with E-state index in [1.165, 1.54) is 18.2 Å². The van der Waals surface area contributed by atoms with E-state index in [1.54, 1.807) is 13.0 Å². The van der Waals surface area contributed by atoms with Gasteiger partial charge in [0, 0.05) is 5.69 Å². The molecule has 1 aromatic rings. The summed E-state index contributed by atoms with van der Waals surface area (Å²) in [4.78, 5) is 14.2. The van der Waals surface area contributed by atoms with Crippen LogP contribution in [-0.4, -0.2) is 21.2 Å². The lowest BCUT2D eigenvalue weighted by atomic mass is 10.2. The highest BCUT2D eigenvalue weighted by Crippen LogP contribution is 2.16. The molecule has 74 valence electrons. The van der Waals surface area contributed by atoms with Crippen LogP contribution >= 0.6 is 0 Å². The summed E-state index contributed by atoms with van der Waals surface area (Å²) in [6.07, 6.45) is 2.87. The molecule has 0 aliphatic carbocycles. The zero-order chi connectivity index (χ0) is 10.6. The van der Waals surface area contributed by atoms with Crippen molar-refractivity contribution in [2.24, 2.45) is 0 Å². The summed E-state index contributed by atoms with van der Waals surface area (Å²) in [6, 6.07) is 3.21. The summed E-state index contributed by atoms with van der Waals surface area (Å²) in [5, 5.41) is 17.7. The zero-order valence-electron chi connectivity index (χ0n) is 7.77.